The van der Waals surface area contributed by atoms with Crippen LogP contribution in [0.4, 0.5) is 0 Å². The molecular formula is C12H16N2O2. The van der Waals surface area contributed by atoms with Crippen LogP contribution in [-0.4, -0.2) is 35.5 Å². The third kappa shape index (κ3) is 2.17. The lowest BCUT2D eigenvalue weighted by Crippen LogP contribution is -2.47. The highest BCUT2D eigenvalue weighted by Gasteiger charge is 2.25. The maximum atomic E-state index is 11.5. The van der Waals surface area contributed by atoms with Gasteiger partial charge in [0.2, 0.25) is 5.91 Å². The summed E-state index contributed by atoms with van der Waals surface area (Å²) in [7, 11) is 0. The molecule has 0 aromatic heterocycles. The average molecular weight is 220 g/mol. The smallest absolute Gasteiger partial charge is 0.220 e. The van der Waals surface area contributed by atoms with Gasteiger partial charge in [-0.1, -0.05) is 12.1 Å². The minimum Gasteiger partial charge on any atom is -0.508 e. The number of benzene rings is 1. The van der Waals surface area contributed by atoms with Crippen LogP contribution in [0, 0.1) is 0 Å². The Kier molecular flexibility index (Phi) is 3.10. The number of carbonyl (C=O) groups is 1. The number of rotatable bonds is 1. The molecule has 1 saturated heterocycles. The first-order valence-electron chi connectivity index (χ1n) is 5.45. The van der Waals surface area contributed by atoms with Crippen molar-refractivity contribution in [2.24, 2.45) is 0 Å². The number of carbonyl (C=O) groups excluding carboxylic acids is 1. The minimum atomic E-state index is 0.0758. The molecule has 2 N–H and O–H groups in total. The molecule has 4 nitrogen and oxygen atoms in total. The van der Waals surface area contributed by atoms with E-state index in [2.05, 4.69) is 5.32 Å². The van der Waals surface area contributed by atoms with Crippen molar-refractivity contribution in [1.29, 1.82) is 0 Å². The zero-order valence-electron chi connectivity index (χ0n) is 9.31. The summed E-state index contributed by atoms with van der Waals surface area (Å²) < 4.78 is 0. The van der Waals surface area contributed by atoms with Crippen molar-refractivity contribution in [3.05, 3.63) is 29.8 Å². The number of hydrogen-bond donors (Lipinski definition) is 2. The van der Waals surface area contributed by atoms with Gasteiger partial charge in [0.15, 0.2) is 0 Å². The van der Waals surface area contributed by atoms with E-state index in [9.17, 15) is 9.90 Å². The summed E-state index contributed by atoms with van der Waals surface area (Å²) in [5.41, 5.74) is 1.06. The molecule has 1 amide bonds. The number of nitrogens with one attached hydrogen (secondary N) is 1. The van der Waals surface area contributed by atoms with E-state index in [-0.39, 0.29) is 17.7 Å². The van der Waals surface area contributed by atoms with Gasteiger partial charge in [-0.15, -0.1) is 0 Å². The second-order valence-electron chi connectivity index (χ2n) is 4.02. The first-order chi connectivity index (χ1) is 7.68. The van der Waals surface area contributed by atoms with Crippen molar-refractivity contribution in [3.63, 3.8) is 0 Å². The second-order valence-corrected chi connectivity index (χ2v) is 4.02. The molecule has 0 aliphatic carbocycles. The zero-order valence-corrected chi connectivity index (χ0v) is 9.31. The quantitative estimate of drug-likeness (QED) is 0.739. The van der Waals surface area contributed by atoms with Gasteiger partial charge in [-0.05, 0) is 17.7 Å². The number of amides is 1. The van der Waals surface area contributed by atoms with Gasteiger partial charge in [-0.3, -0.25) is 4.79 Å². The first kappa shape index (κ1) is 11.0. The molecule has 0 radical (unpaired) electrons. The highest BCUT2D eigenvalue weighted by molar-refractivity contribution is 5.74. The third-order valence-corrected chi connectivity index (χ3v) is 2.93. The summed E-state index contributed by atoms with van der Waals surface area (Å²) >= 11 is 0. The highest BCUT2D eigenvalue weighted by Crippen LogP contribution is 2.23. The van der Waals surface area contributed by atoms with Crippen molar-refractivity contribution >= 4 is 5.91 Å². The van der Waals surface area contributed by atoms with Crippen LogP contribution in [0.15, 0.2) is 24.3 Å². The number of nitrogens with zero attached hydrogens (tertiary/aromatic N) is 1. The maximum Gasteiger partial charge on any atom is 0.220 e. The van der Waals surface area contributed by atoms with Crippen LogP contribution in [0.2, 0.25) is 0 Å². The minimum absolute atomic E-state index is 0.0758. The Morgan fingerprint density at radius 2 is 2.12 bits per heavy atom. The molecule has 86 valence electrons. The number of aromatic hydroxyl groups is 1. The molecule has 1 aliphatic rings. The molecule has 1 atom stereocenters. The summed E-state index contributed by atoms with van der Waals surface area (Å²) in [6.45, 7) is 3.94. The van der Waals surface area contributed by atoms with Crippen LogP contribution in [0.3, 0.4) is 0 Å². The van der Waals surface area contributed by atoms with E-state index in [0.29, 0.717) is 0 Å². The molecule has 1 heterocycles. The fraction of sp³-hybridized carbons (Fsp3) is 0.417. The van der Waals surface area contributed by atoms with E-state index in [1.54, 1.807) is 19.1 Å². The average Bonchev–Trinajstić information content (AvgIpc) is 2.30. The van der Waals surface area contributed by atoms with Gasteiger partial charge >= 0.3 is 0 Å². The maximum absolute atomic E-state index is 11.5. The highest BCUT2D eigenvalue weighted by atomic mass is 16.3. The Morgan fingerprint density at radius 1 is 1.44 bits per heavy atom. The zero-order chi connectivity index (χ0) is 11.5. The number of phenolic OH excluding ortho intramolecular Hbond substituents is 1. The second kappa shape index (κ2) is 4.53. The normalized spacial score (nSPS) is 20.8. The molecule has 0 spiro atoms. The summed E-state index contributed by atoms with van der Waals surface area (Å²) in [4.78, 5) is 13.4. The molecule has 2 rings (SSSR count). The van der Waals surface area contributed by atoms with E-state index in [4.69, 9.17) is 0 Å². The Labute approximate surface area is 94.9 Å². The molecular weight excluding hydrogens is 204 g/mol. The predicted molar refractivity (Wildman–Crippen MR) is 61.1 cm³/mol. The van der Waals surface area contributed by atoms with Crippen LogP contribution < -0.4 is 5.32 Å². The molecule has 1 aliphatic heterocycles. The third-order valence-electron chi connectivity index (χ3n) is 2.93. The number of hydrogen-bond acceptors (Lipinski definition) is 3. The topological polar surface area (TPSA) is 52.6 Å². The van der Waals surface area contributed by atoms with E-state index >= 15 is 0 Å². The van der Waals surface area contributed by atoms with E-state index in [1.165, 1.54) is 0 Å². The van der Waals surface area contributed by atoms with Gasteiger partial charge in [0, 0.05) is 26.6 Å². The van der Waals surface area contributed by atoms with Gasteiger partial charge in [0.1, 0.15) is 5.75 Å². The lowest BCUT2D eigenvalue weighted by atomic mass is 10.0. The summed E-state index contributed by atoms with van der Waals surface area (Å²) in [5, 5.41) is 12.5. The van der Waals surface area contributed by atoms with Gasteiger partial charge in [0.25, 0.3) is 0 Å². The van der Waals surface area contributed by atoms with E-state index < -0.39 is 0 Å². The molecule has 0 bridgehead atoms. The van der Waals surface area contributed by atoms with Crippen molar-refractivity contribution in [2.75, 3.05) is 19.6 Å². The van der Waals surface area contributed by atoms with Crippen LogP contribution in [-0.2, 0) is 4.79 Å². The molecule has 0 saturated carbocycles. The monoisotopic (exact) mass is 220 g/mol. The molecule has 16 heavy (non-hydrogen) atoms. The molecule has 1 fully saturated rings. The molecule has 1 aromatic rings. The predicted octanol–water partition coefficient (Wildman–Crippen LogP) is 0.885. The van der Waals surface area contributed by atoms with Crippen molar-refractivity contribution < 1.29 is 9.90 Å². The SMILES string of the molecule is CC(=O)N1CCNCC1c1ccc(O)cc1. The van der Waals surface area contributed by atoms with Crippen LogP contribution in [0.1, 0.15) is 18.5 Å². The fourth-order valence-electron chi connectivity index (χ4n) is 2.08. The van der Waals surface area contributed by atoms with E-state index in [0.717, 1.165) is 25.2 Å². The number of phenols is 1. The largest absolute Gasteiger partial charge is 0.508 e. The Morgan fingerprint density at radius 3 is 2.75 bits per heavy atom. The molecule has 1 aromatic carbocycles. The van der Waals surface area contributed by atoms with E-state index in [1.807, 2.05) is 17.0 Å². The van der Waals surface area contributed by atoms with Gasteiger partial charge < -0.3 is 15.3 Å². The Balaban J connectivity index is 2.23. The van der Waals surface area contributed by atoms with Gasteiger partial charge in [-0.25, -0.2) is 0 Å². The number of piperazine rings is 1. The Hall–Kier alpha value is -1.55. The first-order valence-corrected chi connectivity index (χ1v) is 5.45. The Bertz CT molecular complexity index is 375. The summed E-state index contributed by atoms with van der Waals surface area (Å²) in [6.07, 6.45) is 0. The van der Waals surface area contributed by atoms with Crippen molar-refractivity contribution in [3.8, 4) is 5.75 Å². The molecule has 1 unspecified atom stereocenters. The summed E-state index contributed by atoms with van der Waals surface area (Å²) in [5.74, 6) is 0.349. The lowest BCUT2D eigenvalue weighted by Gasteiger charge is -2.35. The van der Waals surface area contributed by atoms with Crippen LogP contribution >= 0.6 is 0 Å². The van der Waals surface area contributed by atoms with Gasteiger partial charge in [0.05, 0.1) is 6.04 Å². The summed E-state index contributed by atoms with van der Waals surface area (Å²) in [6, 6.07) is 7.11. The van der Waals surface area contributed by atoms with Crippen molar-refractivity contribution in [2.45, 2.75) is 13.0 Å². The standard InChI is InChI=1S/C12H16N2O2/c1-9(15)14-7-6-13-8-12(14)10-2-4-11(16)5-3-10/h2-5,12-13,16H,6-8H2,1H3. The molecule has 4 heteroatoms. The van der Waals surface area contributed by atoms with Gasteiger partial charge in [-0.2, -0.15) is 0 Å². The fourth-order valence-corrected chi connectivity index (χ4v) is 2.08. The lowest BCUT2D eigenvalue weighted by molar-refractivity contribution is -0.132. The van der Waals surface area contributed by atoms with Crippen LogP contribution in [0.25, 0.3) is 0 Å². The van der Waals surface area contributed by atoms with Crippen LogP contribution in [0.5, 0.6) is 5.75 Å². The van der Waals surface area contributed by atoms with Crippen molar-refractivity contribution in [1.82, 2.24) is 10.2 Å².